The number of rotatable bonds is 1. The fourth-order valence-electron chi connectivity index (χ4n) is 3.61. The van der Waals surface area contributed by atoms with Crippen molar-refractivity contribution in [3.8, 4) is 0 Å². The van der Waals surface area contributed by atoms with Gasteiger partial charge < -0.3 is 9.88 Å². The zero-order valence-electron chi connectivity index (χ0n) is 11.2. The first-order chi connectivity index (χ1) is 8.18. The standard InChI is InChI=1S/C14H23N3/c1-9-4-5-13(10(9)2)17-11(3)16-12-8-15-7-6-14(12)17/h9-10,13,15H,4-8H2,1-3H3. The molecule has 2 heterocycles. The third-order valence-electron chi connectivity index (χ3n) is 4.85. The van der Waals surface area contributed by atoms with Gasteiger partial charge in [0.2, 0.25) is 0 Å². The van der Waals surface area contributed by atoms with Crippen molar-refractivity contribution in [1.29, 1.82) is 0 Å². The number of aryl methyl sites for hydroxylation is 1. The summed E-state index contributed by atoms with van der Waals surface area (Å²) in [4.78, 5) is 4.76. The van der Waals surface area contributed by atoms with E-state index >= 15 is 0 Å². The van der Waals surface area contributed by atoms with E-state index in [1.807, 2.05) is 0 Å². The maximum absolute atomic E-state index is 4.76. The molecule has 17 heavy (non-hydrogen) atoms. The molecule has 1 aromatic rings. The van der Waals surface area contributed by atoms with Gasteiger partial charge in [-0.2, -0.15) is 0 Å². The van der Waals surface area contributed by atoms with Gasteiger partial charge in [0.25, 0.3) is 0 Å². The molecule has 3 unspecified atom stereocenters. The molecule has 2 aliphatic rings. The van der Waals surface area contributed by atoms with Gasteiger partial charge in [-0.15, -0.1) is 0 Å². The van der Waals surface area contributed by atoms with Crippen molar-refractivity contribution in [3.63, 3.8) is 0 Å². The summed E-state index contributed by atoms with van der Waals surface area (Å²) in [6.45, 7) is 9.04. The summed E-state index contributed by atoms with van der Waals surface area (Å²) in [6, 6.07) is 0.694. The number of fused-ring (bicyclic) bond motifs is 1. The molecule has 1 aromatic heterocycles. The lowest BCUT2D eigenvalue weighted by molar-refractivity contribution is 0.340. The van der Waals surface area contributed by atoms with Gasteiger partial charge in [0.1, 0.15) is 5.82 Å². The van der Waals surface area contributed by atoms with Crippen molar-refractivity contribution in [2.75, 3.05) is 6.54 Å². The van der Waals surface area contributed by atoms with Crippen molar-refractivity contribution in [1.82, 2.24) is 14.9 Å². The Morgan fingerprint density at radius 3 is 2.82 bits per heavy atom. The second kappa shape index (κ2) is 4.13. The molecule has 0 saturated heterocycles. The van der Waals surface area contributed by atoms with Crippen molar-refractivity contribution in [3.05, 3.63) is 17.2 Å². The van der Waals surface area contributed by atoms with Gasteiger partial charge >= 0.3 is 0 Å². The molecule has 0 radical (unpaired) electrons. The van der Waals surface area contributed by atoms with Crippen LogP contribution in [0.3, 0.4) is 0 Å². The lowest BCUT2D eigenvalue weighted by atomic mass is 9.97. The van der Waals surface area contributed by atoms with Crippen LogP contribution in [-0.4, -0.2) is 16.1 Å². The molecule has 0 aromatic carbocycles. The van der Waals surface area contributed by atoms with Crippen molar-refractivity contribution in [2.24, 2.45) is 11.8 Å². The highest BCUT2D eigenvalue weighted by molar-refractivity contribution is 5.21. The minimum absolute atomic E-state index is 0.694. The summed E-state index contributed by atoms with van der Waals surface area (Å²) < 4.78 is 2.56. The average Bonchev–Trinajstić information content (AvgIpc) is 2.80. The lowest BCUT2D eigenvalue weighted by Crippen LogP contribution is -2.27. The van der Waals surface area contributed by atoms with Crippen LogP contribution in [0.4, 0.5) is 0 Å². The average molecular weight is 233 g/mol. The van der Waals surface area contributed by atoms with Crippen LogP contribution < -0.4 is 5.32 Å². The normalized spacial score (nSPS) is 32.8. The van der Waals surface area contributed by atoms with Gasteiger partial charge in [0, 0.05) is 31.2 Å². The fraction of sp³-hybridized carbons (Fsp3) is 0.786. The molecular weight excluding hydrogens is 210 g/mol. The van der Waals surface area contributed by atoms with Gasteiger partial charge in [-0.1, -0.05) is 13.8 Å². The van der Waals surface area contributed by atoms with Gasteiger partial charge in [0.15, 0.2) is 0 Å². The van der Waals surface area contributed by atoms with Crippen LogP contribution >= 0.6 is 0 Å². The molecule has 1 aliphatic carbocycles. The number of nitrogens with zero attached hydrogens (tertiary/aromatic N) is 2. The summed E-state index contributed by atoms with van der Waals surface area (Å²) >= 11 is 0. The maximum Gasteiger partial charge on any atom is 0.106 e. The zero-order chi connectivity index (χ0) is 12.0. The van der Waals surface area contributed by atoms with Gasteiger partial charge in [0.05, 0.1) is 5.69 Å². The molecule has 0 bridgehead atoms. The van der Waals surface area contributed by atoms with E-state index < -0.39 is 0 Å². The Bertz CT molecular complexity index is 421. The van der Waals surface area contributed by atoms with E-state index in [0.717, 1.165) is 31.3 Å². The van der Waals surface area contributed by atoms with Gasteiger partial charge in [-0.25, -0.2) is 4.98 Å². The van der Waals surface area contributed by atoms with E-state index in [1.54, 1.807) is 0 Å². The molecule has 1 saturated carbocycles. The lowest BCUT2D eigenvalue weighted by Gasteiger charge is -2.25. The quantitative estimate of drug-likeness (QED) is 0.807. The van der Waals surface area contributed by atoms with Crippen LogP contribution in [0.1, 0.15) is 49.9 Å². The van der Waals surface area contributed by atoms with Crippen LogP contribution in [0.2, 0.25) is 0 Å². The first-order valence-corrected chi connectivity index (χ1v) is 6.95. The molecule has 3 heteroatoms. The summed E-state index contributed by atoms with van der Waals surface area (Å²) in [6.07, 6.45) is 3.85. The van der Waals surface area contributed by atoms with Crippen molar-refractivity contribution < 1.29 is 0 Å². The first-order valence-electron chi connectivity index (χ1n) is 6.95. The molecule has 0 spiro atoms. The number of imidazole rings is 1. The molecule has 3 rings (SSSR count). The van der Waals surface area contributed by atoms with Crippen LogP contribution in [-0.2, 0) is 13.0 Å². The van der Waals surface area contributed by atoms with Crippen molar-refractivity contribution in [2.45, 2.75) is 52.6 Å². The summed E-state index contributed by atoms with van der Waals surface area (Å²) in [5.74, 6) is 2.88. The molecule has 3 nitrogen and oxygen atoms in total. The largest absolute Gasteiger partial charge is 0.329 e. The maximum atomic E-state index is 4.76. The van der Waals surface area contributed by atoms with Crippen molar-refractivity contribution >= 4 is 0 Å². The molecule has 0 amide bonds. The molecule has 1 aliphatic heterocycles. The third kappa shape index (κ3) is 1.71. The Balaban J connectivity index is 2.00. The highest BCUT2D eigenvalue weighted by Crippen LogP contribution is 2.41. The van der Waals surface area contributed by atoms with E-state index in [1.165, 1.54) is 30.1 Å². The highest BCUT2D eigenvalue weighted by Gasteiger charge is 2.34. The van der Waals surface area contributed by atoms with Crippen LogP contribution in [0.5, 0.6) is 0 Å². The number of aromatic nitrogens is 2. The third-order valence-corrected chi connectivity index (χ3v) is 4.85. The summed E-state index contributed by atoms with van der Waals surface area (Å²) in [7, 11) is 0. The van der Waals surface area contributed by atoms with Gasteiger partial charge in [-0.3, -0.25) is 0 Å². The van der Waals surface area contributed by atoms with Crippen LogP contribution in [0.15, 0.2) is 0 Å². The Kier molecular flexibility index (Phi) is 2.74. The summed E-state index contributed by atoms with van der Waals surface area (Å²) in [5, 5.41) is 3.42. The molecular formula is C14H23N3. The molecule has 1 N–H and O–H groups in total. The SMILES string of the molecule is Cc1nc2c(n1C1CCC(C)C1C)CCNC2. The molecule has 1 fully saturated rings. The monoisotopic (exact) mass is 233 g/mol. The van der Waals surface area contributed by atoms with Crippen LogP contribution in [0.25, 0.3) is 0 Å². The topological polar surface area (TPSA) is 29.9 Å². The Labute approximate surface area is 104 Å². The van der Waals surface area contributed by atoms with E-state index in [2.05, 4.69) is 30.7 Å². The minimum Gasteiger partial charge on any atom is -0.329 e. The second-order valence-corrected chi connectivity index (χ2v) is 5.83. The Morgan fingerprint density at radius 1 is 1.29 bits per heavy atom. The predicted octanol–water partition coefficient (Wildman–Crippen LogP) is 2.44. The van der Waals surface area contributed by atoms with Gasteiger partial charge in [-0.05, 0) is 31.6 Å². The van der Waals surface area contributed by atoms with Crippen LogP contribution in [0, 0.1) is 18.8 Å². The zero-order valence-corrected chi connectivity index (χ0v) is 11.2. The number of hydrogen-bond acceptors (Lipinski definition) is 2. The first kappa shape index (κ1) is 11.3. The predicted molar refractivity (Wildman–Crippen MR) is 69.0 cm³/mol. The molecule has 3 atom stereocenters. The van der Waals surface area contributed by atoms with E-state index in [4.69, 9.17) is 4.98 Å². The highest BCUT2D eigenvalue weighted by atomic mass is 15.1. The second-order valence-electron chi connectivity index (χ2n) is 5.83. The minimum atomic E-state index is 0.694. The Morgan fingerprint density at radius 2 is 2.12 bits per heavy atom. The van der Waals surface area contributed by atoms with E-state index in [9.17, 15) is 0 Å². The van der Waals surface area contributed by atoms with E-state index in [0.29, 0.717) is 6.04 Å². The number of hydrogen-bond donors (Lipinski definition) is 1. The summed E-state index contributed by atoms with van der Waals surface area (Å²) in [5.41, 5.74) is 2.80. The van der Waals surface area contributed by atoms with E-state index in [-0.39, 0.29) is 0 Å². The molecule has 94 valence electrons. The Hall–Kier alpha value is -0.830. The smallest absolute Gasteiger partial charge is 0.106 e. The fourth-order valence-corrected chi connectivity index (χ4v) is 3.61. The number of nitrogens with one attached hydrogen (secondary N) is 1.